The van der Waals surface area contributed by atoms with Crippen molar-refractivity contribution in [1.82, 2.24) is 0 Å². The number of aliphatic hydroxyl groups excluding tert-OH is 1. The van der Waals surface area contributed by atoms with Gasteiger partial charge in [0.1, 0.15) is 0 Å². The summed E-state index contributed by atoms with van der Waals surface area (Å²) in [5.74, 6) is 0. The van der Waals surface area contributed by atoms with E-state index in [9.17, 15) is 0 Å². The Hall–Kier alpha value is -0.240. The number of ether oxygens (including phenoxy) is 5. The first-order valence-corrected chi connectivity index (χ1v) is 5.24. The first-order chi connectivity index (χ1) is 7.85. The van der Waals surface area contributed by atoms with E-state index in [1.165, 1.54) is 0 Å². The van der Waals surface area contributed by atoms with E-state index in [1.54, 1.807) is 14.2 Å². The van der Waals surface area contributed by atoms with Crippen LogP contribution in [0.25, 0.3) is 0 Å². The SMILES string of the molecule is COCCOCCOC(CO)OCCOC. The van der Waals surface area contributed by atoms with Crippen molar-refractivity contribution in [3.8, 4) is 0 Å². The summed E-state index contributed by atoms with van der Waals surface area (Å²) in [5.41, 5.74) is 0. The molecule has 1 atom stereocenters. The second kappa shape index (κ2) is 12.8. The van der Waals surface area contributed by atoms with Crippen molar-refractivity contribution in [2.24, 2.45) is 0 Å². The molecule has 0 saturated heterocycles. The number of hydrogen-bond donors (Lipinski definition) is 1. The van der Waals surface area contributed by atoms with Crippen molar-refractivity contribution >= 4 is 0 Å². The Labute approximate surface area is 96.4 Å². The molecular weight excluding hydrogens is 216 g/mol. The van der Waals surface area contributed by atoms with Crippen LogP contribution in [0.1, 0.15) is 0 Å². The van der Waals surface area contributed by atoms with E-state index in [0.717, 1.165) is 0 Å². The van der Waals surface area contributed by atoms with Crippen LogP contribution in [-0.2, 0) is 23.7 Å². The fraction of sp³-hybridized carbons (Fsp3) is 1.00. The van der Waals surface area contributed by atoms with Crippen molar-refractivity contribution in [1.29, 1.82) is 0 Å². The fourth-order valence-corrected chi connectivity index (χ4v) is 0.899. The number of aliphatic hydroxyl groups is 1. The minimum absolute atomic E-state index is 0.179. The van der Waals surface area contributed by atoms with Crippen molar-refractivity contribution in [3.05, 3.63) is 0 Å². The largest absolute Gasteiger partial charge is 0.391 e. The molecule has 6 nitrogen and oxygen atoms in total. The van der Waals surface area contributed by atoms with Crippen LogP contribution in [0.5, 0.6) is 0 Å². The standard InChI is InChI=1S/C10H22O6/c1-12-3-5-14-6-8-16-10(9-11)15-7-4-13-2/h10-11H,3-9H2,1-2H3. The van der Waals surface area contributed by atoms with E-state index in [-0.39, 0.29) is 6.61 Å². The van der Waals surface area contributed by atoms with Crippen LogP contribution in [0.4, 0.5) is 0 Å². The van der Waals surface area contributed by atoms with Crippen molar-refractivity contribution in [2.45, 2.75) is 6.29 Å². The first kappa shape index (κ1) is 15.8. The Kier molecular flexibility index (Phi) is 12.6. The second-order valence-corrected chi connectivity index (χ2v) is 2.95. The van der Waals surface area contributed by atoms with Gasteiger partial charge in [-0.2, -0.15) is 0 Å². The first-order valence-electron chi connectivity index (χ1n) is 5.24. The molecule has 0 rings (SSSR count). The molecule has 0 radical (unpaired) electrons. The summed E-state index contributed by atoms with van der Waals surface area (Å²) in [4.78, 5) is 0. The average Bonchev–Trinajstić information content (AvgIpc) is 2.31. The lowest BCUT2D eigenvalue weighted by Gasteiger charge is -2.15. The lowest BCUT2D eigenvalue weighted by molar-refractivity contribution is -0.174. The molecule has 0 heterocycles. The third kappa shape index (κ3) is 10.3. The maximum atomic E-state index is 8.91. The summed E-state index contributed by atoms with van der Waals surface area (Å²) in [6.45, 7) is 2.62. The van der Waals surface area contributed by atoms with Crippen LogP contribution >= 0.6 is 0 Å². The van der Waals surface area contributed by atoms with Crippen LogP contribution < -0.4 is 0 Å². The number of methoxy groups -OCH3 is 2. The van der Waals surface area contributed by atoms with Crippen molar-refractivity contribution in [3.63, 3.8) is 0 Å². The molecule has 0 aromatic heterocycles. The predicted molar refractivity (Wildman–Crippen MR) is 57.3 cm³/mol. The van der Waals surface area contributed by atoms with E-state index < -0.39 is 6.29 Å². The van der Waals surface area contributed by atoms with Crippen LogP contribution in [0.15, 0.2) is 0 Å². The van der Waals surface area contributed by atoms with E-state index in [2.05, 4.69) is 0 Å². The summed E-state index contributed by atoms with van der Waals surface area (Å²) in [6, 6.07) is 0. The minimum atomic E-state index is -0.610. The van der Waals surface area contributed by atoms with Crippen LogP contribution in [0.3, 0.4) is 0 Å². The molecule has 0 aliphatic heterocycles. The highest BCUT2D eigenvalue weighted by Gasteiger charge is 2.06. The summed E-state index contributed by atoms with van der Waals surface area (Å²) in [7, 11) is 3.20. The smallest absolute Gasteiger partial charge is 0.180 e. The van der Waals surface area contributed by atoms with Gasteiger partial charge in [0.15, 0.2) is 6.29 Å². The Morgan fingerprint density at radius 1 is 0.812 bits per heavy atom. The van der Waals surface area contributed by atoms with Gasteiger partial charge in [-0.3, -0.25) is 0 Å². The van der Waals surface area contributed by atoms with Gasteiger partial charge in [0.05, 0.1) is 46.2 Å². The molecule has 98 valence electrons. The molecule has 0 spiro atoms. The average molecular weight is 238 g/mol. The number of rotatable bonds is 12. The van der Waals surface area contributed by atoms with Crippen molar-refractivity contribution < 1.29 is 28.8 Å². The molecule has 0 aliphatic carbocycles. The zero-order chi connectivity index (χ0) is 12.1. The topological polar surface area (TPSA) is 66.4 Å². The molecule has 0 aliphatic rings. The maximum absolute atomic E-state index is 8.91. The van der Waals surface area contributed by atoms with E-state index >= 15 is 0 Å². The van der Waals surface area contributed by atoms with Crippen LogP contribution in [0, 0.1) is 0 Å². The Bertz CT molecular complexity index is 132. The van der Waals surface area contributed by atoms with Gasteiger partial charge in [-0.1, -0.05) is 0 Å². The monoisotopic (exact) mass is 238 g/mol. The van der Waals surface area contributed by atoms with E-state index in [4.69, 9.17) is 28.8 Å². The highest BCUT2D eigenvalue weighted by Crippen LogP contribution is 1.94. The third-order valence-corrected chi connectivity index (χ3v) is 1.70. The molecule has 0 fully saturated rings. The Morgan fingerprint density at radius 2 is 1.31 bits per heavy atom. The second-order valence-electron chi connectivity index (χ2n) is 2.95. The molecule has 0 saturated carbocycles. The number of hydrogen-bond acceptors (Lipinski definition) is 6. The predicted octanol–water partition coefficient (Wildman–Crippen LogP) is -0.353. The van der Waals surface area contributed by atoms with Gasteiger partial charge in [0.2, 0.25) is 0 Å². The zero-order valence-corrected chi connectivity index (χ0v) is 10.0. The molecule has 0 aromatic rings. The molecule has 0 amide bonds. The Morgan fingerprint density at radius 3 is 1.88 bits per heavy atom. The Balaban J connectivity index is 3.26. The summed E-state index contributed by atoms with van der Waals surface area (Å²) < 4.78 is 25.2. The highest BCUT2D eigenvalue weighted by atomic mass is 16.7. The molecule has 1 unspecified atom stereocenters. The summed E-state index contributed by atoms with van der Waals surface area (Å²) in [6.07, 6.45) is -0.610. The minimum Gasteiger partial charge on any atom is -0.391 e. The highest BCUT2D eigenvalue weighted by molar-refractivity contribution is 4.41. The van der Waals surface area contributed by atoms with Gasteiger partial charge in [-0.25, -0.2) is 0 Å². The van der Waals surface area contributed by atoms with Gasteiger partial charge in [0.25, 0.3) is 0 Å². The van der Waals surface area contributed by atoms with Gasteiger partial charge >= 0.3 is 0 Å². The van der Waals surface area contributed by atoms with Crippen molar-refractivity contribution in [2.75, 3.05) is 60.5 Å². The molecule has 0 bridgehead atoms. The summed E-state index contributed by atoms with van der Waals surface area (Å²) >= 11 is 0. The van der Waals surface area contributed by atoms with Crippen LogP contribution in [0.2, 0.25) is 0 Å². The van der Waals surface area contributed by atoms with Crippen LogP contribution in [-0.4, -0.2) is 71.9 Å². The molecular formula is C10H22O6. The normalized spacial score (nSPS) is 12.9. The van der Waals surface area contributed by atoms with E-state index in [1.807, 2.05) is 0 Å². The summed E-state index contributed by atoms with van der Waals surface area (Å²) in [5, 5.41) is 8.91. The van der Waals surface area contributed by atoms with Gasteiger partial charge in [0, 0.05) is 14.2 Å². The van der Waals surface area contributed by atoms with E-state index in [0.29, 0.717) is 39.6 Å². The molecule has 6 heteroatoms. The molecule has 0 aromatic carbocycles. The van der Waals surface area contributed by atoms with Gasteiger partial charge < -0.3 is 28.8 Å². The lowest BCUT2D eigenvalue weighted by Crippen LogP contribution is -2.25. The fourth-order valence-electron chi connectivity index (χ4n) is 0.899. The maximum Gasteiger partial charge on any atom is 0.180 e. The lowest BCUT2D eigenvalue weighted by atomic mass is 10.6. The molecule has 1 N–H and O–H groups in total. The van der Waals surface area contributed by atoms with Gasteiger partial charge in [-0.05, 0) is 0 Å². The zero-order valence-electron chi connectivity index (χ0n) is 10.0. The quantitative estimate of drug-likeness (QED) is 0.370. The third-order valence-electron chi connectivity index (χ3n) is 1.70. The molecule has 16 heavy (non-hydrogen) atoms. The van der Waals surface area contributed by atoms with Gasteiger partial charge in [-0.15, -0.1) is 0 Å².